The first-order chi connectivity index (χ1) is 7.09. The summed E-state index contributed by atoms with van der Waals surface area (Å²) < 4.78 is 0. The zero-order chi connectivity index (χ0) is 11.0. The lowest BCUT2D eigenvalue weighted by Crippen LogP contribution is -2.25. The topological polar surface area (TPSA) is 40.5 Å². The maximum absolute atomic E-state index is 11.5. The Bertz CT molecular complexity index is 408. The molecule has 1 fully saturated rings. The van der Waals surface area contributed by atoms with Crippen LogP contribution in [0.3, 0.4) is 0 Å². The lowest BCUT2D eigenvalue weighted by atomic mass is 10.3. The van der Waals surface area contributed by atoms with Gasteiger partial charge in [-0.2, -0.15) is 0 Å². The van der Waals surface area contributed by atoms with E-state index in [2.05, 4.69) is 0 Å². The molecule has 1 aromatic carbocycles. The number of aliphatic hydroxyl groups excluding tert-OH is 1. The number of amides is 1. The molecule has 80 valence electrons. The molecule has 1 aromatic rings. The first-order valence-electron chi connectivity index (χ1n) is 4.52. The number of anilines is 1. The number of rotatable bonds is 1. The quantitative estimate of drug-likeness (QED) is 0.824. The lowest BCUT2D eigenvalue weighted by molar-refractivity contribution is -0.117. The Morgan fingerprint density at radius 3 is 2.73 bits per heavy atom. The molecule has 1 N–H and O–H groups in total. The Morgan fingerprint density at radius 1 is 1.40 bits per heavy atom. The molecule has 15 heavy (non-hydrogen) atoms. The van der Waals surface area contributed by atoms with Gasteiger partial charge >= 0.3 is 0 Å². The van der Waals surface area contributed by atoms with E-state index < -0.39 is 6.10 Å². The highest BCUT2D eigenvalue weighted by Crippen LogP contribution is 2.34. The van der Waals surface area contributed by atoms with Crippen molar-refractivity contribution >= 4 is 34.8 Å². The molecule has 5 heteroatoms. The van der Waals surface area contributed by atoms with Crippen LogP contribution < -0.4 is 4.90 Å². The van der Waals surface area contributed by atoms with Crippen molar-refractivity contribution < 1.29 is 9.90 Å². The molecule has 0 aliphatic carbocycles. The number of hydrogen-bond acceptors (Lipinski definition) is 2. The second-order valence-electron chi connectivity index (χ2n) is 3.44. The first kappa shape index (κ1) is 10.7. The van der Waals surface area contributed by atoms with Gasteiger partial charge in [0.25, 0.3) is 0 Å². The molecular weight excluding hydrogens is 237 g/mol. The van der Waals surface area contributed by atoms with E-state index in [4.69, 9.17) is 23.2 Å². The summed E-state index contributed by atoms with van der Waals surface area (Å²) in [4.78, 5) is 13.0. The van der Waals surface area contributed by atoms with Crippen molar-refractivity contribution in [2.45, 2.75) is 12.5 Å². The number of nitrogens with zero attached hydrogens (tertiary/aromatic N) is 1. The molecule has 1 amide bonds. The number of halogens is 2. The van der Waals surface area contributed by atoms with Crippen molar-refractivity contribution in [2.24, 2.45) is 0 Å². The summed E-state index contributed by atoms with van der Waals surface area (Å²) in [6.07, 6.45) is -0.476. The minimum atomic E-state index is -0.618. The van der Waals surface area contributed by atoms with Crippen molar-refractivity contribution in [2.75, 3.05) is 11.4 Å². The van der Waals surface area contributed by atoms with Crippen LogP contribution in [0.25, 0.3) is 0 Å². The van der Waals surface area contributed by atoms with Gasteiger partial charge in [-0.15, -0.1) is 0 Å². The fourth-order valence-electron chi connectivity index (χ4n) is 1.62. The van der Waals surface area contributed by atoms with Gasteiger partial charge < -0.3 is 10.0 Å². The summed E-state index contributed by atoms with van der Waals surface area (Å²) in [5.41, 5.74) is 0.561. The number of carbonyl (C=O) groups excluding carboxylic acids is 1. The largest absolute Gasteiger partial charge is 0.391 e. The minimum absolute atomic E-state index is 0.133. The SMILES string of the molecule is O=C1CC(O)CN1c1cccc(Cl)c1Cl. The van der Waals surface area contributed by atoms with E-state index in [9.17, 15) is 9.90 Å². The Labute approximate surface area is 97.2 Å². The van der Waals surface area contributed by atoms with Gasteiger partial charge in [0, 0.05) is 0 Å². The summed E-state index contributed by atoms with van der Waals surface area (Å²) in [7, 11) is 0. The normalized spacial score (nSPS) is 21.1. The highest BCUT2D eigenvalue weighted by Gasteiger charge is 2.30. The second kappa shape index (κ2) is 4.00. The van der Waals surface area contributed by atoms with Gasteiger partial charge in [0.2, 0.25) is 5.91 Å². The minimum Gasteiger partial charge on any atom is -0.391 e. The molecule has 0 spiro atoms. The Morgan fingerprint density at radius 2 is 2.13 bits per heavy atom. The fourth-order valence-corrected chi connectivity index (χ4v) is 2.02. The van der Waals surface area contributed by atoms with Crippen molar-refractivity contribution in [1.29, 1.82) is 0 Å². The van der Waals surface area contributed by atoms with Gasteiger partial charge in [-0.05, 0) is 12.1 Å². The monoisotopic (exact) mass is 245 g/mol. The zero-order valence-electron chi connectivity index (χ0n) is 7.78. The van der Waals surface area contributed by atoms with E-state index in [1.165, 1.54) is 4.90 Å². The fraction of sp³-hybridized carbons (Fsp3) is 0.300. The number of carbonyl (C=O) groups is 1. The van der Waals surface area contributed by atoms with Gasteiger partial charge in [0.05, 0.1) is 34.8 Å². The molecule has 2 rings (SSSR count). The van der Waals surface area contributed by atoms with Crippen LogP contribution in [0.5, 0.6) is 0 Å². The van der Waals surface area contributed by atoms with Crippen LogP contribution in [-0.4, -0.2) is 23.7 Å². The van der Waals surface area contributed by atoms with E-state index in [1.807, 2.05) is 0 Å². The van der Waals surface area contributed by atoms with E-state index in [0.29, 0.717) is 15.7 Å². The van der Waals surface area contributed by atoms with Crippen molar-refractivity contribution in [3.8, 4) is 0 Å². The summed E-state index contributed by atoms with van der Waals surface area (Å²) in [5, 5.41) is 10.1. The molecule has 1 aliphatic rings. The predicted octanol–water partition coefficient (Wildman–Crippen LogP) is 2.09. The number of benzene rings is 1. The molecule has 1 heterocycles. The molecule has 0 aromatic heterocycles. The van der Waals surface area contributed by atoms with Gasteiger partial charge in [0.1, 0.15) is 0 Å². The van der Waals surface area contributed by atoms with Crippen LogP contribution in [-0.2, 0) is 4.79 Å². The molecule has 0 saturated carbocycles. The smallest absolute Gasteiger partial charge is 0.229 e. The Kier molecular flexibility index (Phi) is 2.87. The van der Waals surface area contributed by atoms with E-state index in [-0.39, 0.29) is 18.9 Å². The highest BCUT2D eigenvalue weighted by atomic mass is 35.5. The third kappa shape index (κ3) is 1.95. The summed E-state index contributed by atoms with van der Waals surface area (Å²) >= 11 is 11.8. The predicted molar refractivity (Wildman–Crippen MR) is 59.4 cm³/mol. The van der Waals surface area contributed by atoms with Gasteiger partial charge in [0.15, 0.2) is 0 Å². The van der Waals surface area contributed by atoms with Crippen molar-refractivity contribution in [3.05, 3.63) is 28.2 Å². The zero-order valence-corrected chi connectivity index (χ0v) is 9.29. The maximum Gasteiger partial charge on any atom is 0.229 e. The molecule has 0 bridgehead atoms. The Hall–Kier alpha value is -0.770. The first-order valence-corrected chi connectivity index (χ1v) is 5.27. The van der Waals surface area contributed by atoms with Gasteiger partial charge in [-0.3, -0.25) is 4.79 Å². The lowest BCUT2D eigenvalue weighted by Gasteiger charge is -2.17. The average molecular weight is 246 g/mol. The molecule has 1 atom stereocenters. The molecule has 1 aliphatic heterocycles. The highest BCUT2D eigenvalue weighted by molar-refractivity contribution is 6.44. The van der Waals surface area contributed by atoms with Gasteiger partial charge in [-0.25, -0.2) is 0 Å². The molecular formula is C10H9Cl2NO2. The molecule has 1 unspecified atom stereocenters. The Balaban J connectivity index is 2.38. The van der Waals surface area contributed by atoms with Gasteiger partial charge in [-0.1, -0.05) is 29.3 Å². The van der Waals surface area contributed by atoms with Crippen LogP contribution >= 0.6 is 23.2 Å². The molecule has 0 radical (unpaired) electrons. The molecule has 1 saturated heterocycles. The van der Waals surface area contributed by atoms with Crippen LogP contribution in [0.2, 0.25) is 10.0 Å². The number of hydrogen-bond donors (Lipinski definition) is 1. The summed E-state index contributed by atoms with van der Waals surface area (Å²) in [6.45, 7) is 0.277. The van der Waals surface area contributed by atoms with Crippen LogP contribution in [0.1, 0.15) is 6.42 Å². The van der Waals surface area contributed by atoms with Crippen molar-refractivity contribution in [3.63, 3.8) is 0 Å². The number of aliphatic hydroxyl groups is 1. The second-order valence-corrected chi connectivity index (χ2v) is 4.22. The third-order valence-corrected chi connectivity index (χ3v) is 3.14. The summed E-state index contributed by atoms with van der Waals surface area (Å²) in [6, 6.07) is 5.09. The van der Waals surface area contributed by atoms with Crippen LogP contribution in [0, 0.1) is 0 Å². The third-order valence-electron chi connectivity index (χ3n) is 2.33. The average Bonchev–Trinajstić information content (AvgIpc) is 2.50. The standard InChI is InChI=1S/C10H9Cl2NO2/c11-7-2-1-3-8(10(7)12)13-5-6(14)4-9(13)15/h1-3,6,14H,4-5H2. The summed E-state index contributed by atoms with van der Waals surface area (Å²) in [5.74, 6) is -0.133. The van der Waals surface area contributed by atoms with E-state index in [0.717, 1.165) is 0 Å². The van der Waals surface area contributed by atoms with E-state index in [1.54, 1.807) is 18.2 Å². The molecule has 3 nitrogen and oxygen atoms in total. The maximum atomic E-state index is 11.5. The van der Waals surface area contributed by atoms with Crippen LogP contribution in [0.15, 0.2) is 18.2 Å². The van der Waals surface area contributed by atoms with Crippen molar-refractivity contribution in [1.82, 2.24) is 0 Å². The van der Waals surface area contributed by atoms with E-state index >= 15 is 0 Å². The van der Waals surface area contributed by atoms with Crippen LogP contribution in [0.4, 0.5) is 5.69 Å². The number of β-amino-alcohol motifs (C(OH)–C–C–N with tert-alkyl or cyclic N) is 1.